The van der Waals surface area contributed by atoms with E-state index in [1.54, 1.807) is 0 Å². The van der Waals surface area contributed by atoms with Crippen LogP contribution in [0.25, 0.3) is 17.1 Å². The van der Waals surface area contributed by atoms with Crippen molar-refractivity contribution in [1.82, 2.24) is 14.5 Å². The number of hydrogen-bond acceptors (Lipinski definition) is 2. The lowest BCUT2D eigenvalue weighted by atomic mass is 10.2. The average Bonchev–Trinajstić information content (AvgIpc) is 2.58. The van der Waals surface area contributed by atoms with E-state index in [-0.39, 0.29) is 0 Å². The van der Waals surface area contributed by atoms with Crippen molar-refractivity contribution in [2.75, 3.05) is 0 Å². The molecule has 0 saturated heterocycles. The van der Waals surface area contributed by atoms with Crippen molar-refractivity contribution in [3.8, 4) is 0 Å². The summed E-state index contributed by atoms with van der Waals surface area (Å²) in [6.45, 7) is 9.56. The third-order valence-electron chi connectivity index (χ3n) is 2.77. The van der Waals surface area contributed by atoms with Crippen molar-refractivity contribution in [3.63, 3.8) is 0 Å². The summed E-state index contributed by atoms with van der Waals surface area (Å²) in [5.41, 5.74) is 4.05. The van der Waals surface area contributed by atoms with E-state index in [1.807, 2.05) is 32.3 Å². The van der Waals surface area contributed by atoms with Crippen molar-refractivity contribution < 1.29 is 0 Å². The van der Waals surface area contributed by atoms with Gasteiger partial charge in [0, 0.05) is 24.7 Å². The predicted molar refractivity (Wildman–Crippen MR) is 67.2 cm³/mol. The maximum atomic E-state index is 4.53. The second kappa shape index (κ2) is 3.93. The van der Waals surface area contributed by atoms with Crippen LogP contribution in [0.15, 0.2) is 25.4 Å². The van der Waals surface area contributed by atoms with Crippen molar-refractivity contribution in [2.24, 2.45) is 7.05 Å². The van der Waals surface area contributed by atoms with Crippen LogP contribution >= 0.6 is 0 Å². The van der Waals surface area contributed by atoms with Gasteiger partial charge in [-0.1, -0.05) is 18.7 Å². The van der Waals surface area contributed by atoms with E-state index >= 15 is 0 Å². The molecule has 0 spiro atoms. The molecule has 0 aliphatic rings. The van der Waals surface area contributed by atoms with Crippen molar-refractivity contribution in [1.29, 1.82) is 0 Å². The molecule has 0 bridgehead atoms. The molecule has 2 rings (SSSR count). The SMILES string of the molecule is C=CCc1nc2cnc(C)c(C=C)c2n1C. The molecule has 0 aromatic carbocycles. The quantitative estimate of drug-likeness (QED) is 0.734. The predicted octanol–water partition coefficient (Wildman–Crippen LogP) is 2.65. The van der Waals surface area contributed by atoms with E-state index in [0.717, 1.165) is 34.5 Å². The highest BCUT2D eigenvalue weighted by molar-refractivity contribution is 5.85. The van der Waals surface area contributed by atoms with Crippen molar-refractivity contribution in [3.05, 3.63) is 42.5 Å². The van der Waals surface area contributed by atoms with Gasteiger partial charge >= 0.3 is 0 Å². The van der Waals surface area contributed by atoms with E-state index in [2.05, 4.69) is 27.7 Å². The molecule has 0 amide bonds. The maximum Gasteiger partial charge on any atom is 0.113 e. The number of nitrogens with zero attached hydrogens (tertiary/aromatic N) is 3. The standard InChI is InChI=1S/C13H15N3/c1-5-7-12-15-11-8-14-9(3)10(6-2)13(11)16(12)4/h5-6,8H,1-2,7H2,3-4H3. The first-order valence-corrected chi connectivity index (χ1v) is 5.23. The van der Waals surface area contributed by atoms with E-state index in [0.29, 0.717) is 0 Å². The van der Waals surface area contributed by atoms with Gasteiger partial charge in [0.2, 0.25) is 0 Å². The number of rotatable bonds is 3. The normalized spacial score (nSPS) is 10.6. The van der Waals surface area contributed by atoms with Gasteiger partial charge in [0.25, 0.3) is 0 Å². The molecular formula is C13H15N3. The second-order valence-corrected chi connectivity index (χ2v) is 3.78. The highest BCUT2D eigenvalue weighted by Gasteiger charge is 2.11. The van der Waals surface area contributed by atoms with Gasteiger partial charge in [-0.2, -0.15) is 0 Å². The third-order valence-corrected chi connectivity index (χ3v) is 2.77. The van der Waals surface area contributed by atoms with Crippen LogP contribution < -0.4 is 0 Å². The Hall–Kier alpha value is -1.90. The minimum Gasteiger partial charge on any atom is -0.330 e. The van der Waals surface area contributed by atoms with Crippen LogP contribution in [0.3, 0.4) is 0 Å². The topological polar surface area (TPSA) is 30.7 Å². The largest absolute Gasteiger partial charge is 0.330 e. The Bertz CT molecular complexity index is 564. The van der Waals surface area contributed by atoms with E-state index in [1.165, 1.54) is 0 Å². The Balaban J connectivity index is 2.81. The Kier molecular flexibility index (Phi) is 2.60. The van der Waals surface area contributed by atoms with E-state index in [9.17, 15) is 0 Å². The Morgan fingerprint density at radius 1 is 1.44 bits per heavy atom. The molecule has 82 valence electrons. The zero-order chi connectivity index (χ0) is 11.7. The number of hydrogen-bond donors (Lipinski definition) is 0. The molecule has 0 N–H and O–H groups in total. The monoisotopic (exact) mass is 213 g/mol. The van der Waals surface area contributed by atoms with E-state index < -0.39 is 0 Å². The summed E-state index contributed by atoms with van der Waals surface area (Å²) in [6.07, 6.45) is 6.27. The number of aromatic nitrogens is 3. The molecule has 3 heteroatoms. The number of allylic oxidation sites excluding steroid dienone is 1. The summed E-state index contributed by atoms with van der Waals surface area (Å²) in [7, 11) is 2.01. The molecule has 2 aromatic heterocycles. The highest BCUT2D eigenvalue weighted by atomic mass is 15.1. The fourth-order valence-corrected chi connectivity index (χ4v) is 1.93. The lowest BCUT2D eigenvalue weighted by Crippen LogP contribution is -1.98. The van der Waals surface area contributed by atoms with E-state index in [4.69, 9.17) is 0 Å². The Morgan fingerprint density at radius 2 is 2.19 bits per heavy atom. The molecule has 0 atom stereocenters. The van der Waals surface area contributed by atoms with Crippen LogP contribution in [-0.2, 0) is 13.5 Å². The fraction of sp³-hybridized carbons (Fsp3) is 0.231. The Morgan fingerprint density at radius 3 is 2.81 bits per heavy atom. The zero-order valence-corrected chi connectivity index (χ0v) is 9.70. The molecule has 0 radical (unpaired) electrons. The van der Waals surface area contributed by atoms with Crippen molar-refractivity contribution in [2.45, 2.75) is 13.3 Å². The smallest absolute Gasteiger partial charge is 0.113 e. The van der Waals surface area contributed by atoms with Crippen LogP contribution in [0.2, 0.25) is 0 Å². The maximum absolute atomic E-state index is 4.53. The first kappa shape index (κ1) is 10.6. The molecule has 0 aliphatic heterocycles. The molecule has 3 nitrogen and oxygen atoms in total. The third kappa shape index (κ3) is 1.45. The fourth-order valence-electron chi connectivity index (χ4n) is 1.93. The molecule has 0 saturated carbocycles. The first-order chi connectivity index (χ1) is 7.69. The van der Waals surface area contributed by atoms with Gasteiger partial charge in [0.15, 0.2) is 0 Å². The number of aryl methyl sites for hydroxylation is 2. The minimum absolute atomic E-state index is 0.765. The summed E-state index contributed by atoms with van der Waals surface area (Å²) >= 11 is 0. The molecular weight excluding hydrogens is 198 g/mol. The highest BCUT2D eigenvalue weighted by Crippen LogP contribution is 2.22. The summed E-state index contributed by atoms with van der Waals surface area (Å²) in [6, 6.07) is 0. The summed E-state index contributed by atoms with van der Waals surface area (Å²) < 4.78 is 2.09. The lowest BCUT2D eigenvalue weighted by molar-refractivity contribution is 0.853. The van der Waals surface area contributed by atoms with Crippen LogP contribution in [0.1, 0.15) is 17.1 Å². The minimum atomic E-state index is 0.765. The summed E-state index contributed by atoms with van der Waals surface area (Å²) in [4.78, 5) is 8.85. The molecule has 0 unspecified atom stereocenters. The van der Waals surface area contributed by atoms with Crippen LogP contribution in [0, 0.1) is 6.92 Å². The number of pyridine rings is 1. The molecule has 2 heterocycles. The summed E-state index contributed by atoms with van der Waals surface area (Å²) in [5.74, 6) is 1.00. The van der Waals surface area contributed by atoms with Gasteiger partial charge in [-0.3, -0.25) is 4.98 Å². The lowest BCUT2D eigenvalue weighted by Gasteiger charge is -2.04. The number of fused-ring (bicyclic) bond motifs is 1. The zero-order valence-electron chi connectivity index (χ0n) is 9.70. The average molecular weight is 213 g/mol. The molecule has 2 aromatic rings. The molecule has 0 aliphatic carbocycles. The van der Waals surface area contributed by atoms with Gasteiger partial charge in [0.05, 0.1) is 11.7 Å². The molecule has 16 heavy (non-hydrogen) atoms. The first-order valence-electron chi connectivity index (χ1n) is 5.23. The van der Waals surface area contributed by atoms with Gasteiger partial charge < -0.3 is 4.57 Å². The van der Waals surface area contributed by atoms with Crippen LogP contribution in [-0.4, -0.2) is 14.5 Å². The second-order valence-electron chi connectivity index (χ2n) is 3.78. The van der Waals surface area contributed by atoms with Gasteiger partial charge in [0.1, 0.15) is 11.3 Å². The van der Waals surface area contributed by atoms with Gasteiger partial charge in [-0.25, -0.2) is 4.98 Å². The summed E-state index contributed by atoms with van der Waals surface area (Å²) in [5, 5.41) is 0. The van der Waals surface area contributed by atoms with Crippen LogP contribution in [0.4, 0.5) is 0 Å². The number of imidazole rings is 1. The Labute approximate surface area is 95.1 Å². The van der Waals surface area contributed by atoms with Crippen LogP contribution in [0.5, 0.6) is 0 Å². The van der Waals surface area contributed by atoms with Gasteiger partial charge in [-0.15, -0.1) is 6.58 Å². The molecule has 0 fully saturated rings. The van der Waals surface area contributed by atoms with Crippen molar-refractivity contribution >= 4 is 17.1 Å². The van der Waals surface area contributed by atoms with Gasteiger partial charge in [-0.05, 0) is 6.92 Å².